The van der Waals surface area contributed by atoms with E-state index in [0.29, 0.717) is 36.0 Å². The first-order valence-electron chi connectivity index (χ1n) is 10.8. The van der Waals surface area contributed by atoms with Crippen LogP contribution in [-0.4, -0.2) is 64.7 Å². The second kappa shape index (κ2) is 9.82. The Balaban J connectivity index is 1.62. The molecule has 1 saturated heterocycles. The number of aromatic amines is 1. The van der Waals surface area contributed by atoms with Crippen LogP contribution in [0, 0.1) is 6.92 Å². The van der Waals surface area contributed by atoms with Crippen LogP contribution in [0.3, 0.4) is 0 Å². The second-order valence-electron chi connectivity index (χ2n) is 7.92. The van der Waals surface area contributed by atoms with Crippen LogP contribution >= 0.6 is 0 Å². The maximum Gasteiger partial charge on any atom is 0.257 e. The van der Waals surface area contributed by atoms with Crippen molar-refractivity contribution in [2.24, 2.45) is 0 Å². The molecule has 1 fully saturated rings. The molecule has 0 bridgehead atoms. The van der Waals surface area contributed by atoms with E-state index in [4.69, 9.17) is 9.47 Å². The number of aromatic nitrogens is 3. The maximum absolute atomic E-state index is 13.5. The number of nitrogens with zero attached hydrogens (tertiary/aromatic N) is 4. The minimum atomic E-state index is -0.115. The third-order valence-corrected chi connectivity index (χ3v) is 5.77. The molecule has 2 aromatic carbocycles. The smallest absolute Gasteiger partial charge is 0.257 e. The molecule has 0 radical (unpaired) electrons. The minimum Gasteiger partial charge on any atom is -0.497 e. The summed E-state index contributed by atoms with van der Waals surface area (Å²) in [4.78, 5) is 22.4. The summed E-state index contributed by atoms with van der Waals surface area (Å²) in [7, 11) is 3.16. The Hall–Kier alpha value is -3.39. The van der Waals surface area contributed by atoms with Crippen LogP contribution in [0.1, 0.15) is 40.0 Å². The highest BCUT2D eigenvalue weighted by atomic mass is 16.5. The lowest BCUT2D eigenvalue weighted by Crippen LogP contribution is -2.38. The third kappa shape index (κ3) is 4.75. The summed E-state index contributed by atoms with van der Waals surface area (Å²) in [5, 5.41) is 7.39. The highest BCUT2D eigenvalue weighted by Gasteiger charge is 2.32. The Morgan fingerprint density at radius 2 is 1.94 bits per heavy atom. The van der Waals surface area contributed by atoms with E-state index in [0.717, 1.165) is 25.3 Å². The average molecular weight is 436 g/mol. The van der Waals surface area contributed by atoms with Gasteiger partial charge in [0.15, 0.2) is 5.82 Å². The lowest BCUT2D eigenvalue weighted by atomic mass is 10.1. The van der Waals surface area contributed by atoms with Crippen molar-refractivity contribution in [3.63, 3.8) is 0 Å². The summed E-state index contributed by atoms with van der Waals surface area (Å²) < 4.78 is 10.8. The highest BCUT2D eigenvalue weighted by molar-refractivity contribution is 5.97. The van der Waals surface area contributed by atoms with Gasteiger partial charge in [-0.3, -0.25) is 14.8 Å². The van der Waals surface area contributed by atoms with Crippen molar-refractivity contribution in [3.05, 3.63) is 71.3 Å². The normalized spacial score (nSPS) is 17.1. The summed E-state index contributed by atoms with van der Waals surface area (Å²) in [6.45, 7) is 4.65. The fraction of sp³-hybridized carbons (Fsp3) is 0.375. The van der Waals surface area contributed by atoms with Crippen molar-refractivity contribution >= 4 is 5.91 Å². The number of aryl methyl sites for hydroxylation is 1. The summed E-state index contributed by atoms with van der Waals surface area (Å²) >= 11 is 0. The number of hydrogen-bond acceptors (Lipinski definition) is 6. The lowest BCUT2D eigenvalue weighted by Gasteiger charge is -2.30. The van der Waals surface area contributed by atoms with Gasteiger partial charge in [-0.05, 0) is 31.0 Å². The van der Waals surface area contributed by atoms with Crippen LogP contribution in [0.2, 0.25) is 0 Å². The maximum atomic E-state index is 13.5. The molecule has 32 heavy (non-hydrogen) atoms. The molecule has 1 atom stereocenters. The molecule has 0 saturated carbocycles. The molecule has 1 aromatic heterocycles. The summed E-state index contributed by atoms with van der Waals surface area (Å²) in [5.74, 6) is 2.56. The standard InChI is InChI=1S/C24H29N5O3/c1-17-25-23(27-26-17)21-16-29(13-7-12-28(21)15-18-8-5-4-6-9-18)24(30)20-11-10-19(31-2)14-22(20)32-3/h4-6,8-11,14,21H,7,12-13,15-16H2,1-3H3,(H,25,26,27). The fourth-order valence-electron chi connectivity index (χ4n) is 4.13. The number of rotatable bonds is 6. The second-order valence-corrected chi connectivity index (χ2v) is 7.92. The van der Waals surface area contributed by atoms with Crippen LogP contribution < -0.4 is 9.47 Å². The Morgan fingerprint density at radius 3 is 2.62 bits per heavy atom. The molecule has 1 amide bonds. The van der Waals surface area contributed by atoms with E-state index in [2.05, 4.69) is 32.2 Å². The number of hydrogen-bond donors (Lipinski definition) is 1. The van der Waals surface area contributed by atoms with E-state index in [9.17, 15) is 4.79 Å². The van der Waals surface area contributed by atoms with Crippen molar-refractivity contribution in [3.8, 4) is 11.5 Å². The predicted octanol–water partition coefficient (Wildman–Crippen LogP) is 3.22. The average Bonchev–Trinajstić information content (AvgIpc) is 3.15. The van der Waals surface area contributed by atoms with E-state index in [1.54, 1.807) is 32.4 Å². The molecule has 1 unspecified atom stereocenters. The SMILES string of the molecule is COc1ccc(C(=O)N2CCCN(Cc3ccccc3)C(c3n[nH]c(C)n3)C2)c(OC)c1. The first-order chi connectivity index (χ1) is 15.6. The van der Waals surface area contributed by atoms with Crippen molar-refractivity contribution < 1.29 is 14.3 Å². The van der Waals surface area contributed by atoms with Crippen LogP contribution in [0.25, 0.3) is 0 Å². The topological polar surface area (TPSA) is 83.6 Å². The number of carbonyl (C=O) groups is 1. The van der Waals surface area contributed by atoms with Crippen molar-refractivity contribution in [1.29, 1.82) is 0 Å². The van der Waals surface area contributed by atoms with Crippen LogP contribution in [0.15, 0.2) is 48.5 Å². The molecule has 1 aliphatic rings. The predicted molar refractivity (Wildman–Crippen MR) is 121 cm³/mol. The Kier molecular flexibility index (Phi) is 6.70. The third-order valence-electron chi connectivity index (χ3n) is 5.77. The van der Waals surface area contributed by atoms with Gasteiger partial charge < -0.3 is 14.4 Å². The molecular formula is C24H29N5O3. The van der Waals surface area contributed by atoms with Gasteiger partial charge in [0, 0.05) is 32.2 Å². The Labute approximate surface area is 188 Å². The first kappa shape index (κ1) is 21.8. The molecule has 4 rings (SSSR count). The molecule has 0 aliphatic carbocycles. The van der Waals surface area contributed by atoms with E-state index in [1.165, 1.54) is 5.56 Å². The minimum absolute atomic E-state index is 0.0664. The van der Waals surface area contributed by atoms with Crippen LogP contribution in [0.5, 0.6) is 11.5 Å². The Morgan fingerprint density at radius 1 is 1.12 bits per heavy atom. The molecule has 1 aliphatic heterocycles. The van der Waals surface area contributed by atoms with Crippen LogP contribution in [0.4, 0.5) is 0 Å². The molecular weight excluding hydrogens is 406 g/mol. The zero-order valence-corrected chi connectivity index (χ0v) is 18.7. The molecule has 1 N–H and O–H groups in total. The number of methoxy groups -OCH3 is 2. The zero-order valence-electron chi connectivity index (χ0n) is 18.7. The van der Waals surface area contributed by atoms with E-state index >= 15 is 0 Å². The van der Waals surface area contributed by atoms with E-state index in [-0.39, 0.29) is 11.9 Å². The molecule has 2 heterocycles. The largest absolute Gasteiger partial charge is 0.497 e. The lowest BCUT2D eigenvalue weighted by molar-refractivity contribution is 0.0723. The molecule has 168 valence electrons. The van der Waals surface area contributed by atoms with Gasteiger partial charge in [-0.2, -0.15) is 5.10 Å². The number of benzene rings is 2. The number of ether oxygens (including phenoxy) is 2. The van der Waals surface area contributed by atoms with Gasteiger partial charge in [0.25, 0.3) is 5.91 Å². The number of H-pyrrole nitrogens is 1. The molecule has 8 nitrogen and oxygen atoms in total. The highest BCUT2D eigenvalue weighted by Crippen LogP contribution is 2.29. The van der Waals surface area contributed by atoms with Gasteiger partial charge in [-0.1, -0.05) is 30.3 Å². The number of amides is 1. The van der Waals surface area contributed by atoms with Crippen LogP contribution in [-0.2, 0) is 6.54 Å². The van der Waals surface area contributed by atoms with Gasteiger partial charge in [0.1, 0.15) is 17.3 Å². The molecule has 8 heteroatoms. The van der Waals surface area contributed by atoms with E-state index < -0.39 is 0 Å². The van der Waals surface area contributed by atoms with Gasteiger partial charge >= 0.3 is 0 Å². The van der Waals surface area contributed by atoms with E-state index in [1.807, 2.05) is 30.0 Å². The van der Waals surface area contributed by atoms with Gasteiger partial charge in [0.05, 0.1) is 25.8 Å². The van der Waals surface area contributed by atoms with Gasteiger partial charge in [0.2, 0.25) is 0 Å². The van der Waals surface area contributed by atoms with Crippen molar-refractivity contribution in [2.75, 3.05) is 33.9 Å². The molecule has 3 aromatic rings. The summed E-state index contributed by atoms with van der Waals surface area (Å²) in [5.41, 5.74) is 1.75. The van der Waals surface area contributed by atoms with Gasteiger partial charge in [-0.25, -0.2) is 4.98 Å². The Bertz CT molecular complexity index is 1050. The zero-order chi connectivity index (χ0) is 22.5. The quantitative estimate of drug-likeness (QED) is 0.640. The summed E-state index contributed by atoms with van der Waals surface area (Å²) in [6.07, 6.45) is 0.858. The first-order valence-corrected chi connectivity index (χ1v) is 10.8. The van der Waals surface area contributed by atoms with Gasteiger partial charge in [-0.15, -0.1) is 0 Å². The number of carbonyl (C=O) groups excluding carboxylic acids is 1. The van der Waals surface area contributed by atoms with Crippen molar-refractivity contribution in [1.82, 2.24) is 25.0 Å². The fourth-order valence-corrected chi connectivity index (χ4v) is 4.13. The summed E-state index contributed by atoms with van der Waals surface area (Å²) in [6, 6.07) is 15.5. The monoisotopic (exact) mass is 435 g/mol. The van der Waals surface area contributed by atoms with Crippen molar-refractivity contribution in [2.45, 2.75) is 25.9 Å². The number of nitrogens with one attached hydrogen (secondary N) is 1. The molecule has 0 spiro atoms.